The summed E-state index contributed by atoms with van der Waals surface area (Å²) < 4.78 is 12.1. The lowest BCUT2D eigenvalue weighted by atomic mass is 10.0. The summed E-state index contributed by atoms with van der Waals surface area (Å²) in [6, 6.07) is 0. The van der Waals surface area contributed by atoms with Gasteiger partial charge in [-0.3, -0.25) is 0 Å². The molecule has 0 aromatic heterocycles. The average molecular weight is 523 g/mol. The predicted molar refractivity (Wildman–Crippen MR) is 99.5 cm³/mol. The van der Waals surface area contributed by atoms with E-state index in [0.717, 1.165) is 12.8 Å². The molecule has 8 atom stereocenters. The molecule has 2 rings (SSSR count). The second kappa shape index (κ2) is 9.00. The highest BCUT2D eigenvalue weighted by molar-refractivity contribution is 9.11. The summed E-state index contributed by atoms with van der Waals surface area (Å²) in [5, 5.41) is 10.4. The Labute approximate surface area is 161 Å². The summed E-state index contributed by atoms with van der Waals surface area (Å²) in [4.78, 5) is 1.73. The van der Waals surface area contributed by atoms with E-state index in [2.05, 4.69) is 53.5 Å². The van der Waals surface area contributed by atoms with Gasteiger partial charge in [-0.1, -0.05) is 47.8 Å². The van der Waals surface area contributed by atoms with Crippen molar-refractivity contribution < 1.29 is 14.6 Å². The van der Waals surface area contributed by atoms with Crippen molar-refractivity contribution >= 4 is 59.4 Å². The Morgan fingerprint density at radius 2 is 1.86 bits per heavy atom. The van der Waals surface area contributed by atoms with Crippen LogP contribution in [0, 0.1) is 0 Å². The fourth-order valence-electron chi connectivity index (χ4n) is 2.87. The van der Waals surface area contributed by atoms with Crippen LogP contribution in [0.25, 0.3) is 0 Å². The zero-order chi connectivity index (χ0) is 16.3. The van der Waals surface area contributed by atoms with E-state index in [1.807, 2.05) is 13.0 Å². The molecule has 2 heterocycles. The van der Waals surface area contributed by atoms with Crippen LogP contribution in [0.3, 0.4) is 0 Å². The molecule has 8 unspecified atom stereocenters. The molecule has 2 fully saturated rings. The van der Waals surface area contributed by atoms with Crippen molar-refractivity contribution in [2.24, 2.45) is 0 Å². The smallest absolute Gasteiger partial charge is 0.0924 e. The third-order valence-electron chi connectivity index (χ3n) is 4.11. The Morgan fingerprint density at radius 3 is 2.55 bits per heavy atom. The molecule has 3 nitrogen and oxygen atoms in total. The first-order chi connectivity index (χ1) is 10.4. The van der Waals surface area contributed by atoms with Crippen LogP contribution < -0.4 is 0 Å². The standard InChI is InChI=1S/C15H20Br3ClO3/c1-8-15(20)11(18)6-10(17)13-7-12(19)14(22-13)5-9(21-8)3-2-4-16/h3-4,8-15,20H,5-7H2,1H3. The highest BCUT2D eigenvalue weighted by Crippen LogP contribution is 2.36. The molecule has 2 bridgehead atoms. The van der Waals surface area contributed by atoms with Crippen molar-refractivity contribution in [2.75, 3.05) is 0 Å². The molecule has 0 spiro atoms. The summed E-state index contributed by atoms with van der Waals surface area (Å²) in [5.74, 6) is 0. The number of fused-ring (bicyclic) bond motifs is 2. The SMILES string of the molecule is CC1OC(C=C=CBr)CC2OC(CC2Cl)C(Br)CC(Br)C1O. The third kappa shape index (κ3) is 5.06. The number of rotatable bonds is 1. The van der Waals surface area contributed by atoms with E-state index in [0.29, 0.717) is 6.42 Å². The number of ether oxygens (including phenoxy) is 2. The zero-order valence-corrected chi connectivity index (χ0v) is 17.7. The number of halogens is 4. The molecular formula is C15H20Br3ClO3. The molecule has 22 heavy (non-hydrogen) atoms. The van der Waals surface area contributed by atoms with Gasteiger partial charge in [0, 0.05) is 21.1 Å². The van der Waals surface area contributed by atoms with Crippen LogP contribution in [0.15, 0.2) is 16.8 Å². The van der Waals surface area contributed by atoms with E-state index >= 15 is 0 Å². The quantitative estimate of drug-likeness (QED) is 0.412. The number of aliphatic hydroxyl groups is 1. The van der Waals surface area contributed by atoms with Crippen LogP contribution in [0.2, 0.25) is 0 Å². The lowest BCUT2D eigenvalue weighted by Crippen LogP contribution is -2.38. The molecule has 2 aliphatic heterocycles. The van der Waals surface area contributed by atoms with Gasteiger partial charge in [-0.05, 0) is 25.8 Å². The van der Waals surface area contributed by atoms with Gasteiger partial charge in [0.1, 0.15) is 0 Å². The van der Waals surface area contributed by atoms with Crippen LogP contribution in [0.4, 0.5) is 0 Å². The lowest BCUT2D eigenvalue weighted by molar-refractivity contribution is -0.0639. The summed E-state index contributed by atoms with van der Waals surface area (Å²) in [7, 11) is 0. The lowest BCUT2D eigenvalue weighted by Gasteiger charge is -2.28. The van der Waals surface area contributed by atoms with Gasteiger partial charge in [0.05, 0.1) is 35.9 Å². The van der Waals surface area contributed by atoms with Crippen molar-refractivity contribution in [3.8, 4) is 0 Å². The van der Waals surface area contributed by atoms with Gasteiger partial charge in [0.15, 0.2) is 0 Å². The Kier molecular flexibility index (Phi) is 7.96. The van der Waals surface area contributed by atoms with Crippen molar-refractivity contribution in [3.05, 3.63) is 16.8 Å². The molecule has 2 saturated heterocycles. The van der Waals surface area contributed by atoms with E-state index in [9.17, 15) is 5.11 Å². The first kappa shape index (κ1) is 19.5. The third-order valence-corrected chi connectivity index (χ3v) is 6.72. The van der Waals surface area contributed by atoms with Gasteiger partial charge in [0.2, 0.25) is 0 Å². The van der Waals surface area contributed by atoms with Crippen molar-refractivity contribution in [3.63, 3.8) is 0 Å². The minimum atomic E-state index is -0.590. The summed E-state index contributed by atoms with van der Waals surface area (Å²) in [6.07, 6.45) is 2.96. The van der Waals surface area contributed by atoms with Crippen LogP contribution in [0.1, 0.15) is 26.2 Å². The molecule has 0 amide bonds. The van der Waals surface area contributed by atoms with Gasteiger partial charge >= 0.3 is 0 Å². The van der Waals surface area contributed by atoms with Gasteiger partial charge in [-0.15, -0.1) is 17.3 Å². The fraction of sp³-hybridized carbons (Fsp3) is 0.800. The minimum absolute atomic E-state index is 0.0223. The molecule has 0 radical (unpaired) electrons. The van der Waals surface area contributed by atoms with Crippen molar-refractivity contribution in [1.82, 2.24) is 0 Å². The normalized spacial score (nSPS) is 46.5. The van der Waals surface area contributed by atoms with E-state index in [1.54, 1.807) is 4.99 Å². The van der Waals surface area contributed by atoms with Crippen LogP contribution in [-0.4, -0.2) is 50.7 Å². The summed E-state index contributed by atoms with van der Waals surface area (Å²) in [5.41, 5.74) is 2.99. The van der Waals surface area contributed by atoms with E-state index in [1.165, 1.54) is 0 Å². The number of hydrogen-bond acceptors (Lipinski definition) is 3. The number of aliphatic hydroxyl groups excluding tert-OH is 1. The van der Waals surface area contributed by atoms with Gasteiger partial charge < -0.3 is 14.6 Å². The second-order valence-electron chi connectivity index (χ2n) is 5.78. The Morgan fingerprint density at radius 1 is 1.14 bits per heavy atom. The molecular weight excluding hydrogens is 503 g/mol. The monoisotopic (exact) mass is 520 g/mol. The fourth-order valence-corrected chi connectivity index (χ4v) is 5.44. The van der Waals surface area contributed by atoms with E-state index in [-0.39, 0.29) is 39.4 Å². The van der Waals surface area contributed by atoms with Crippen molar-refractivity contribution in [1.29, 1.82) is 0 Å². The maximum Gasteiger partial charge on any atom is 0.0924 e. The highest BCUT2D eigenvalue weighted by Gasteiger charge is 2.41. The first-order valence-corrected chi connectivity index (χ1v) is 10.5. The van der Waals surface area contributed by atoms with Gasteiger partial charge in [0.25, 0.3) is 0 Å². The summed E-state index contributed by atoms with van der Waals surface area (Å²) >= 11 is 16.9. The van der Waals surface area contributed by atoms with Crippen LogP contribution in [0.5, 0.6) is 0 Å². The first-order valence-electron chi connectivity index (χ1n) is 7.34. The van der Waals surface area contributed by atoms with Gasteiger partial charge in [-0.25, -0.2) is 0 Å². The van der Waals surface area contributed by atoms with Crippen LogP contribution in [-0.2, 0) is 9.47 Å². The topological polar surface area (TPSA) is 38.7 Å². The highest BCUT2D eigenvalue weighted by atomic mass is 79.9. The average Bonchev–Trinajstić information content (AvgIpc) is 2.83. The van der Waals surface area contributed by atoms with Crippen LogP contribution >= 0.6 is 59.4 Å². The summed E-state index contributed by atoms with van der Waals surface area (Å²) in [6.45, 7) is 1.88. The van der Waals surface area contributed by atoms with Gasteiger partial charge in [-0.2, -0.15) is 0 Å². The molecule has 126 valence electrons. The molecule has 0 aromatic rings. The number of hydrogen-bond donors (Lipinski definition) is 1. The Balaban J connectivity index is 2.22. The Bertz CT molecular complexity index is 430. The number of alkyl halides is 3. The molecule has 0 saturated carbocycles. The molecule has 7 heteroatoms. The van der Waals surface area contributed by atoms with E-state index < -0.39 is 6.10 Å². The van der Waals surface area contributed by atoms with Crippen molar-refractivity contribution in [2.45, 2.75) is 71.7 Å². The maximum absolute atomic E-state index is 10.4. The largest absolute Gasteiger partial charge is 0.389 e. The molecule has 0 aromatic carbocycles. The molecule has 0 aliphatic carbocycles. The minimum Gasteiger partial charge on any atom is -0.389 e. The predicted octanol–water partition coefficient (Wildman–Crippen LogP) is 4.27. The zero-order valence-electron chi connectivity index (χ0n) is 12.2. The second-order valence-corrected chi connectivity index (χ2v) is 9.15. The molecule has 1 N–H and O–H groups in total. The Hall–Kier alpha value is 1.13. The maximum atomic E-state index is 10.4. The molecule has 2 aliphatic rings. The van der Waals surface area contributed by atoms with E-state index in [4.69, 9.17) is 21.1 Å².